The lowest BCUT2D eigenvalue weighted by Gasteiger charge is -2.09. The van der Waals surface area contributed by atoms with Crippen molar-refractivity contribution in [1.29, 1.82) is 0 Å². The van der Waals surface area contributed by atoms with Gasteiger partial charge in [0.1, 0.15) is 11.5 Å². The molecule has 8 heteroatoms. The Hall–Kier alpha value is -4.33. The van der Waals surface area contributed by atoms with E-state index in [2.05, 4.69) is 17.2 Å². The van der Waals surface area contributed by atoms with Crippen LogP contribution in [0.15, 0.2) is 77.0 Å². The lowest BCUT2D eigenvalue weighted by atomic mass is 10.1. The normalized spacial score (nSPS) is 10.8. The molecule has 0 spiro atoms. The van der Waals surface area contributed by atoms with Gasteiger partial charge in [0.15, 0.2) is 5.78 Å². The summed E-state index contributed by atoms with van der Waals surface area (Å²) in [5.41, 5.74) is 1.87. The van der Waals surface area contributed by atoms with E-state index < -0.39 is 5.97 Å². The Morgan fingerprint density at radius 3 is 1.97 bits per heavy atom. The monoisotopic (exact) mass is 516 g/mol. The number of hydrogen-bond acceptors (Lipinski definition) is 8. The minimum Gasteiger partial charge on any atom is -0.494 e. The minimum atomic E-state index is -0.553. The number of Topliss-reactive ketones (excluding diaryl/α,β-unsaturated/α-hetero) is 1. The van der Waals surface area contributed by atoms with Crippen LogP contribution in [0.2, 0.25) is 0 Å². The number of ketones is 1. The van der Waals surface area contributed by atoms with Crippen LogP contribution in [-0.2, 0) is 4.74 Å². The van der Waals surface area contributed by atoms with E-state index >= 15 is 0 Å². The second-order valence-corrected chi connectivity index (χ2v) is 8.59. The van der Waals surface area contributed by atoms with Gasteiger partial charge in [-0.25, -0.2) is 9.59 Å². The molecule has 3 aromatic rings. The molecule has 0 bridgehead atoms. The van der Waals surface area contributed by atoms with E-state index in [1.165, 1.54) is 13.0 Å². The number of azo groups is 1. The van der Waals surface area contributed by atoms with Gasteiger partial charge in [-0.3, -0.25) is 4.79 Å². The number of carbonyl (C=O) groups excluding carboxylic acids is 3. The van der Waals surface area contributed by atoms with E-state index in [4.69, 9.17) is 14.2 Å². The van der Waals surface area contributed by atoms with Gasteiger partial charge in [0.2, 0.25) is 0 Å². The highest BCUT2D eigenvalue weighted by Crippen LogP contribution is 2.28. The molecule has 0 saturated carbocycles. The van der Waals surface area contributed by atoms with Crippen molar-refractivity contribution in [3.05, 3.63) is 83.4 Å². The fourth-order valence-corrected chi connectivity index (χ4v) is 3.30. The van der Waals surface area contributed by atoms with Crippen molar-refractivity contribution < 1.29 is 28.6 Å². The van der Waals surface area contributed by atoms with Gasteiger partial charge >= 0.3 is 11.9 Å². The molecule has 0 aliphatic heterocycles. The van der Waals surface area contributed by atoms with Crippen LogP contribution in [0.1, 0.15) is 77.5 Å². The van der Waals surface area contributed by atoms with Gasteiger partial charge in [-0.15, -0.1) is 5.11 Å². The fraction of sp³-hybridized carbons (Fsp3) is 0.300. The summed E-state index contributed by atoms with van der Waals surface area (Å²) >= 11 is 0. The first-order valence-electron chi connectivity index (χ1n) is 12.7. The summed E-state index contributed by atoms with van der Waals surface area (Å²) in [6.07, 6.45) is 3.76. The molecule has 0 unspecified atom stereocenters. The molecule has 3 aromatic carbocycles. The van der Waals surface area contributed by atoms with E-state index in [1.807, 2.05) is 6.92 Å². The number of esters is 2. The van der Waals surface area contributed by atoms with Gasteiger partial charge in [0.25, 0.3) is 0 Å². The third-order valence-corrected chi connectivity index (χ3v) is 5.52. The smallest absolute Gasteiger partial charge is 0.343 e. The lowest BCUT2D eigenvalue weighted by molar-refractivity contribution is 0.0499. The summed E-state index contributed by atoms with van der Waals surface area (Å²) < 4.78 is 16.3. The van der Waals surface area contributed by atoms with E-state index in [0.29, 0.717) is 41.5 Å². The molecule has 0 fully saturated rings. The van der Waals surface area contributed by atoms with Gasteiger partial charge in [-0.1, -0.05) is 26.7 Å². The Kier molecular flexibility index (Phi) is 10.7. The number of benzene rings is 3. The summed E-state index contributed by atoms with van der Waals surface area (Å²) in [4.78, 5) is 36.9. The largest absolute Gasteiger partial charge is 0.494 e. The van der Waals surface area contributed by atoms with E-state index in [9.17, 15) is 14.4 Å². The molecule has 0 heterocycles. The SMILES string of the molecule is CCCCOC(=O)c1ccc(N=Nc2ccc(OC(=O)c3ccc(OCCCC)cc3)cc2C(C)=O)cc1. The maximum absolute atomic E-state index is 12.6. The predicted octanol–water partition coefficient (Wildman–Crippen LogP) is 7.66. The van der Waals surface area contributed by atoms with Crippen molar-refractivity contribution in [1.82, 2.24) is 0 Å². The molecule has 198 valence electrons. The molecule has 0 aliphatic rings. The van der Waals surface area contributed by atoms with Crippen LogP contribution in [0.5, 0.6) is 11.5 Å². The average Bonchev–Trinajstić information content (AvgIpc) is 2.93. The maximum Gasteiger partial charge on any atom is 0.343 e. The molecule has 0 N–H and O–H groups in total. The third-order valence-electron chi connectivity index (χ3n) is 5.52. The fourth-order valence-electron chi connectivity index (χ4n) is 3.30. The van der Waals surface area contributed by atoms with Gasteiger partial charge in [-0.05, 0) is 86.5 Å². The summed E-state index contributed by atoms with van der Waals surface area (Å²) in [6.45, 7) is 6.52. The first-order valence-corrected chi connectivity index (χ1v) is 12.7. The van der Waals surface area contributed by atoms with Crippen LogP contribution in [0, 0.1) is 0 Å². The zero-order valence-corrected chi connectivity index (χ0v) is 21.9. The molecule has 3 rings (SSSR count). The highest BCUT2D eigenvalue weighted by Gasteiger charge is 2.14. The van der Waals surface area contributed by atoms with Gasteiger partial charge in [0, 0.05) is 5.56 Å². The van der Waals surface area contributed by atoms with Crippen molar-refractivity contribution in [2.45, 2.75) is 46.5 Å². The van der Waals surface area contributed by atoms with Crippen LogP contribution in [0.4, 0.5) is 11.4 Å². The standard InChI is InChI=1S/C30H32N2O6/c1-4-6-18-36-25-14-10-23(11-15-25)30(35)38-26-16-17-28(27(20-26)21(3)33)32-31-24-12-8-22(9-13-24)29(34)37-19-7-5-2/h8-17,20H,4-7,18-19H2,1-3H3. The number of hydrogen-bond donors (Lipinski definition) is 0. The molecule has 0 atom stereocenters. The molecule has 0 aliphatic carbocycles. The molecule has 0 amide bonds. The number of unbranched alkanes of at least 4 members (excludes halogenated alkanes) is 2. The zero-order chi connectivity index (χ0) is 27.3. The quantitative estimate of drug-likeness (QED) is 0.0759. The Bertz CT molecular complexity index is 1270. The Morgan fingerprint density at radius 2 is 1.32 bits per heavy atom. The Balaban J connectivity index is 1.66. The second kappa shape index (κ2) is 14.4. The molecule has 0 saturated heterocycles. The van der Waals surface area contributed by atoms with Gasteiger partial charge in [0.05, 0.1) is 35.7 Å². The van der Waals surface area contributed by atoms with Crippen molar-refractivity contribution in [3.8, 4) is 11.5 Å². The number of rotatable bonds is 13. The highest BCUT2D eigenvalue weighted by atomic mass is 16.5. The molecular formula is C30H32N2O6. The molecule has 0 radical (unpaired) electrons. The zero-order valence-electron chi connectivity index (χ0n) is 21.9. The van der Waals surface area contributed by atoms with Crippen LogP contribution in [-0.4, -0.2) is 30.9 Å². The van der Waals surface area contributed by atoms with Crippen LogP contribution >= 0.6 is 0 Å². The number of nitrogens with zero attached hydrogens (tertiary/aromatic N) is 2. The molecule has 8 nitrogen and oxygen atoms in total. The average molecular weight is 517 g/mol. The summed E-state index contributed by atoms with van der Waals surface area (Å²) in [5, 5.41) is 8.35. The second-order valence-electron chi connectivity index (χ2n) is 8.59. The van der Waals surface area contributed by atoms with E-state index in [1.54, 1.807) is 60.7 Å². The molecule has 0 aromatic heterocycles. The minimum absolute atomic E-state index is 0.216. The topological polar surface area (TPSA) is 104 Å². The van der Waals surface area contributed by atoms with Gasteiger partial charge < -0.3 is 14.2 Å². The Morgan fingerprint density at radius 1 is 0.711 bits per heavy atom. The first kappa shape index (κ1) is 28.2. The van der Waals surface area contributed by atoms with Crippen molar-refractivity contribution in [3.63, 3.8) is 0 Å². The van der Waals surface area contributed by atoms with Gasteiger partial charge in [-0.2, -0.15) is 5.11 Å². The highest BCUT2D eigenvalue weighted by molar-refractivity contribution is 5.99. The predicted molar refractivity (Wildman–Crippen MR) is 144 cm³/mol. The van der Waals surface area contributed by atoms with Crippen LogP contribution < -0.4 is 9.47 Å². The number of ether oxygens (including phenoxy) is 3. The number of carbonyl (C=O) groups is 3. The molecule has 38 heavy (non-hydrogen) atoms. The summed E-state index contributed by atoms with van der Waals surface area (Å²) in [7, 11) is 0. The summed E-state index contributed by atoms with van der Waals surface area (Å²) in [5.74, 6) is -0.293. The third kappa shape index (κ3) is 8.37. The van der Waals surface area contributed by atoms with Crippen LogP contribution in [0.3, 0.4) is 0 Å². The Labute approximate surface area is 222 Å². The van der Waals surface area contributed by atoms with Crippen molar-refractivity contribution in [2.75, 3.05) is 13.2 Å². The molecular weight excluding hydrogens is 484 g/mol. The maximum atomic E-state index is 12.6. The van der Waals surface area contributed by atoms with Crippen molar-refractivity contribution in [2.24, 2.45) is 10.2 Å². The summed E-state index contributed by atoms with van der Waals surface area (Å²) in [6, 6.07) is 17.8. The van der Waals surface area contributed by atoms with Crippen LogP contribution in [0.25, 0.3) is 0 Å². The van der Waals surface area contributed by atoms with Crippen molar-refractivity contribution >= 4 is 29.1 Å². The lowest BCUT2D eigenvalue weighted by Crippen LogP contribution is -2.09. The first-order chi connectivity index (χ1) is 18.4. The van der Waals surface area contributed by atoms with E-state index in [-0.39, 0.29) is 23.1 Å². The van der Waals surface area contributed by atoms with E-state index in [0.717, 1.165) is 25.7 Å².